The molecule has 1 aromatic heterocycles. The van der Waals surface area contributed by atoms with Gasteiger partial charge in [0.25, 0.3) is 0 Å². The molecule has 0 fully saturated rings. The maximum absolute atomic E-state index is 11.5. The molecule has 0 aliphatic carbocycles. The summed E-state index contributed by atoms with van der Waals surface area (Å²) >= 11 is 0. The summed E-state index contributed by atoms with van der Waals surface area (Å²) in [6.07, 6.45) is -0.506. The number of carbonyl (C=O) groups is 1. The van der Waals surface area contributed by atoms with Crippen LogP contribution in [-0.2, 0) is 4.74 Å². The third-order valence-corrected chi connectivity index (χ3v) is 4.57. The molecule has 0 spiro atoms. The summed E-state index contributed by atoms with van der Waals surface area (Å²) < 4.78 is 4.66. The lowest BCUT2D eigenvalue weighted by atomic mass is 10.1. The number of carbonyl (C=O) groups excluding carboxylic acids is 1. The number of para-hydroxylation sites is 2. The lowest BCUT2D eigenvalue weighted by Gasteiger charge is -2.17. The molecule has 1 amide bonds. The highest BCUT2D eigenvalue weighted by Gasteiger charge is 2.11. The van der Waals surface area contributed by atoms with Crippen LogP contribution in [0, 0.1) is 0 Å². The fourth-order valence-corrected chi connectivity index (χ4v) is 3.22. The predicted molar refractivity (Wildman–Crippen MR) is 122 cm³/mol. The van der Waals surface area contributed by atoms with Crippen molar-refractivity contribution in [3.05, 3.63) is 66.7 Å². The first-order chi connectivity index (χ1) is 13.7. The van der Waals surface area contributed by atoms with Gasteiger partial charge in [0, 0.05) is 23.5 Å². The fourth-order valence-electron chi connectivity index (χ4n) is 3.22. The van der Waals surface area contributed by atoms with Crippen LogP contribution >= 0.6 is 12.4 Å². The zero-order valence-corrected chi connectivity index (χ0v) is 16.8. The van der Waals surface area contributed by atoms with E-state index >= 15 is 0 Å². The summed E-state index contributed by atoms with van der Waals surface area (Å²) in [5.74, 6) is 0. The molecule has 6 nitrogen and oxygen atoms in total. The van der Waals surface area contributed by atoms with Crippen LogP contribution in [0.2, 0.25) is 0 Å². The highest BCUT2D eigenvalue weighted by Crippen LogP contribution is 2.36. The number of anilines is 4. The molecule has 1 heterocycles. The lowest BCUT2D eigenvalue weighted by Crippen LogP contribution is -2.11. The third-order valence-electron chi connectivity index (χ3n) is 4.57. The van der Waals surface area contributed by atoms with Crippen molar-refractivity contribution in [2.24, 2.45) is 0 Å². The van der Waals surface area contributed by atoms with Crippen molar-refractivity contribution in [1.82, 2.24) is 4.98 Å². The number of ether oxygens (including phenoxy) is 1. The molecule has 4 aromatic rings. The Labute approximate surface area is 174 Å². The van der Waals surface area contributed by atoms with Crippen LogP contribution in [0.4, 0.5) is 27.5 Å². The molecule has 4 rings (SSSR count). The van der Waals surface area contributed by atoms with Gasteiger partial charge in [-0.3, -0.25) is 5.32 Å². The molecule has 0 bridgehead atoms. The number of aromatic nitrogens is 1. The molecule has 0 saturated heterocycles. The minimum absolute atomic E-state index is 0. The first-order valence-corrected chi connectivity index (χ1v) is 8.91. The molecule has 0 saturated carbocycles. The van der Waals surface area contributed by atoms with E-state index in [1.165, 1.54) is 7.11 Å². The van der Waals surface area contributed by atoms with E-state index in [0.29, 0.717) is 5.69 Å². The van der Waals surface area contributed by atoms with E-state index in [1.807, 2.05) is 61.6 Å². The number of benzene rings is 3. The van der Waals surface area contributed by atoms with Crippen molar-refractivity contribution < 1.29 is 9.53 Å². The summed E-state index contributed by atoms with van der Waals surface area (Å²) in [7, 11) is 3.18. The van der Waals surface area contributed by atoms with Crippen LogP contribution in [0.15, 0.2) is 66.7 Å². The van der Waals surface area contributed by atoms with Crippen molar-refractivity contribution in [2.45, 2.75) is 0 Å². The molecule has 0 aliphatic rings. The number of amides is 1. The minimum atomic E-state index is -0.506. The summed E-state index contributed by atoms with van der Waals surface area (Å²) in [6, 6.07) is 21.7. The van der Waals surface area contributed by atoms with Gasteiger partial charge in [-0.1, -0.05) is 36.4 Å². The maximum atomic E-state index is 11.5. The lowest BCUT2D eigenvalue weighted by molar-refractivity contribution is 0.187. The Morgan fingerprint density at radius 3 is 2.10 bits per heavy atom. The van der Waals surface area contributed by atoms with Gasteiger partial charge in [0.15, 0.2) is 0 Å². The largest absolute Gasteiger partial charge is 0.453 e. The van der Waals surface area contributed by atoms with Gasteiger partial charge in [-0.25, -0.2) is 9.78 Å². The van der Waals surface area contributed by atoms with Crippen LogP contribution in [0.25, 0.3) is 21.8 Å². The maximum Gasteiger partial charge on any atom is 0.411 e. The van der Waals surface area contributed by atoms with Crippen molar-refractivity contribution >= 4 is 63.1 Å². The second-order valence-corrected chi connectivity index (χ2v) is 6.27. The molecular weight excluding hydrogens is 388 g/mol. The van der Waals surface area contributed by atoms with Gasteiger partial charge in [0.05, 0.1) is 35.2 Å². The molecule has 29 heavy (non-hydrogen) atoms. The normalized spacial score (nSPS) is 10.3. The van der Waals surface area contributed by atoms with Crippen LogP contribution in [-0.4, -0.2) is 25.2 Å². The molecule has 0 aliphatic heterocycles. The highest BCUT2D eigenvalue weighted by molar-refractivity contribution is 6.09. The predicted octanol–water partition coefficient (Wildman–Crippen LogP) is 5.77. The molecule has 3 N–H and O–H groups in total. The van der Waals surface area contributed by atoms with Gasteiger partial charge >= 0.3 is 6.09 Å². The van der Waals surface area contributed by atoms with Crippen LogP contribution < -0.4 is 16.0 Å². The first kappa shape index (κ1) is 20.2. The van der Waals surface area contributed by atoms with E-state index in [2.05, 4.69) is 32.8 Å². The van der Waals surface area contributed by atoms with Crippen molar-refractivity contribution in [3.63, 3.8) is 0 Å². The second kappa shape index (κ2) is 8.67. The Hall–Kier alpha value is -3.51. The Morgan fingerprint density at radius 2 is 1.52 bits per heavy atom. The Bertz CT molecular complexity index is 1130. The number of pyridine rings is 1. The van der Waals surface area contributed by atoms with Gasteiger partial charge in [0.1, 0.15) is 0 Å². The smallest absolute Gasteiger partial charge is 0.411 e. The number of hydrogen-bond acceptors (Lipinski definition) is 5. The van der Waals surface area contributed by atoms with E-state index in [1.54, 1.807) is 0 Å². The van der Waals surface area contributed by atoms with Gasteiger partial charge < -0.3 is 15.4 Å². The van der Waals surface area contributed by atoms with E-state index in [-0.39, 0.29) is 12.4 Å². The Balaban J connectivity index is 0.00000240. The Morgan fingerprint density at radius 1 is 0.897 bits per heavy atom. The van der Waals surface area contributed by atoms with Crippen molar-refractivity contribution in [3.8, 4) is 0 Å². The zero-order valence-electron chi connectivity index (χ0n) is 16.0. The molecule has 148 valence electrons. The molecular formula is C22H21ClN4O2. The van der Waals surface area contributed by atoms with Gasteiger partial charge in [-0.05, 0) is 30.3 Å². The number of methoxy groups -OCH3 is 1. The standard InChI is InChI=1S/C22H20N4O2.ClH/c1-23-20-13-14(24-22(27)28-2)11-12-19(20)26-21-15-7-3-5-9-17(15)25-18-10-6-4-8-16(18)21;/h3-13,23H,1-2H3,(H,24,27)(H,25,26);1H. The van der Waals surface area contributed by atoms with Crippen LogP contribution in [0.3, 0.4) is 0 Å². The highest BCUT2D eigenvalue weighted by atomic mass is 35.5. The summed E-state index contributed by atoms with van der Waals surface area (Å²) in [5.41, 5.74) is 5.23. The van der Waals surface area contributed by atoms with Crippen LogP contribution in [0.5, 0.6) is 0 Å². The Kier molecular flexibility index (Phi) is 6.04. The van der Waals surface area contributed by atoms with E-state index in [4.69, 9.17) is 4.98 Å². The quantitative estimate of drug-likeness (QED) is 0.373. The zero-order chi connectivity index (χ0) is 19.5. The summed E-state index contributed by atoms with van der Waals surface area (Å²) in [4.78, 5) is 16.2. The van der Waals surface area contributed by atoms with E-state index in [0.717, 1.165) is 38.9 Å². The number of hydrogen-bond donors (Lipinski definition) is 3. The second-order valence-electron chi connectivity index (χ2n) is 6.27. The number of halogens is 1. The number of nitrogens with one attached hydrogen (secondary N) is 3. The topological polar surface area (TPSA) is 75.3 Å². The molecule has 3 aromatic carbocycles. The number of fused-ring (bicyclic) bond motifs is 2. The van der Waals surface area contributed by atoms with Crippen molar-refractivity contribution in [2.75, 3.05) is 30.1 Å². The van der Waals surface area contributed by atoms with Gasteiger partial charge in [-0.15, -0.1) is 12.4 Å². The molecule has 7 heteroatoms. The van der Waals surface area contributed by atoms with E-state index < -0.39 is 6.09 Å². The van der Waals surface area contributed by atoms with Crippen molar-refractivity contribution in [1.29, 1.82) is 0 Å². The number of nitrogens with zero attached hydrogens (tertiary/aromatic N) is 1. The van der Waals surface area contributed by atoms with Gasteiger partial charge in [0.2, 0.25) is 0 Å². The average Bonchev–Trinajstić information content (AvgIpc) is 2.74. The monoisotopic (exact) mass is 408 g/mol. The van der Waals surface area contributed by atoms with Crippen LogP contribution in [0.1, 0.15) is 0 Å². The molecule has 0 radical (unpaired) electrons. The number of rotatable bonds is 4. The van der Waals surface area contributed by atoms with E-state index in [9.17, 15) is 4.79 Å². The summed E-state index contributed by atoms with van der Waals surface area (Å²) in [6.45, 7) is 0. The SMILES string of the molecule is CNc1cc(NC(=O)OC)ccc1Nc1c2ccccc2nc2ccccc12.Cl. The minimum Gasteiger partial charge on any atom is -0.453 e. The fraction of sp³-hybridized carbons (Fsp3) is 0.0909. The first-order valence-electron chi connectivity index (χ1n) is 8.91. The molecule has 0 atom stereocenters. The summed E-state index contributed by atoms with van der Waals surface area (Å²) in [5, 5.41) is 11.5. The molecule has 0 unspecified atom stereocenters. The average molecular weight is 409 g/mol. The third kappa shape index (κ3) is 4.02. The van der Waals surface area contributed by atoms with Gasteiger partial charge in [-0.2, -0.15) is 0 Å².